The van der Waals surface area contributed by atoms with Gasteiger partial charge in [-0.15, -0.1) is 0 Å². The molecular formula is C10H14F3N3. The molecule has 0 unspecified atom stereocenters. The zero-order valence-electron chi connectivity index (χ0n) is 9.17. The lowest BCUT2D eigenvalue weighted by Crippen LogP contribution is -2.24. The highest BCUT2D eigenvalue weighted by atomic mass is 19.4. The summed E-state index contributed by atoms with van der Waals surface area (Å²) in [7, 11) is 1.57. The Balaban J connectivity index is 2.66. The van der Waals surface area contributed by atoms with Crippen LogP contribution in [0.15, 0.2) is 12.3 Å². The van der Waals surface area contributed by atoms with Crippen molar-refractivity contribution in [2.75, 3.05) is 24.2 Å². The van der Waals surface area contributed by atoms with Crippen molar-refractivity contribution in [1.82, 2.24) is 4.98 Å². The van der Waals surface area contributed by atoms with Crippen LogP contribution in [0.2, 0.25) is 0 Å². The van der Waals surface area contributed by atoms with Gasteiger partial charge in [0.25, 0.3) is 0 Å². The number of hydrogen-bond acceptors (Lipinski definition) is 3. The van der Waals surface area contributed by atoms with Crippen LogP contribution in [0, 0.1) is 6.92 Å². The van der Waals surface area contributed by atoms with Gasteiger partial charge >= 0.3 is 6.18 Å². The number of pyridine rings is 1. The molecule has 0 amide bonds. The first-order valence-electron chi connectivity index (χ1n) is 4.79. The highest BCUT2D eigenvalue weighted by Gasteiger charge is 2.27. The molecule has 0 aliphatic rings. The Kier molecular flexibility index (Phi) is 3.62. The fourth-order valence-electron chi connectivity index (χ4n) is 1.17. The fourth-order valence-corrected chi connectivity index (χ4v) is 1.17. The van der Waals surface area contributed by atoms with Crippen molar-refractivity contribution in [2.45, 2.75) is 19.5 Å². The molecule has 3 nitrogen and oxygen atoms in total. The van der Waals surface area contributed by atoms with E-state index in [9.17, 15) is 13.2 Å². The fraction of sp³-hybridized carbons (Fsp3) is 0.500. The van der Waals surface area contributed by atoms with E-state index in [0.717, 1.165) is 5.56 Å². The van der Waals surface area contributed by atoms with Gasteiger partial charge in [-0.25, -0.2) is 4.98 Å². The molecule has 16 heavy (non-hydrogen) atoms. The number of halogens is 3. The molecule has 6 heteroatoms. The zero-order valence-corrected chi connectivity index (χ0v) is 9.17. The highest BCUT2D eigenvalue weighted by molar-refractivity contribution is 5.51. The third-order valence-electron chi connectivity index (χ3n) is 2.26. The van der Waals surface area contributed by atoms with E-state index >= 15 is 0 Å². The molecule has 0 bridgehead atoms. The summed E-state index contributed by atoms with van der Waals surface area (Å²) in [6.45, 7) is 1.68. The molecule has 1 rings (SSSR count). The standard InChI is InChI=1S/C10H14F3N3/c1-7-5-9(15-6-8(7)14)16(2)4-3-10(11,12)13/h5-6H,3-4,14H2,1-2H3. The van der Waals surface area contributed by atoms with Gasteiger partial charge in [0, 0.05) is 13.6 Å². The maximum Gasteiger partial charge on any atom is 0.390 e. The van der Waals surface area contributed by atoms with Crippen LogP contribution in [-0.4, -0.2) is 24.8 Å². The molecule has 0 aromatic carbocycles. The molecule has 0 aliphatic carbocycles. The minimum absolute atomic E-state index is 0.111. The molecule has 0 fully saturated rings. The van der Waals surface area contributed by atoms with Crippen molar-refractivity contribution in [2.24, 2.45) is 0 Å². The first-order chi connectivity index (χ1) is 7.29. The van der Waals surface area contributed by atoms with Gasteiger partial charge in [-0.3, -0.25) is 0 Å². The topological polar surface area (TPSA) is 42.2 Å². The maximum atomic E-state index is 12.0. The number of hydrogen-bond donors (Lipinski definition) is 1. The molecule has 2 N–H and O–H groups in total. The summed E-state index contributed by atoms with van der Waals surface area (Å²) >= 11 is 0. The lowest BCUT2D eigenvalue weighted by molar-refractivity contribution is -0.132. The lowest BCUT2D eigenvalue weighted by Gasteiger charge is -2.19. The summed E-state index contributed by atoms with van der Waals surface area (Å²) in [6.07, 6.45) is -3.54. The molecule has 0 radical (unpaired) electrons. The Hall–Kier alpha value is -1.46. The predicted molar refractivity (Wildman–Crippen MR) is 57.3 cm³/mol. The van der Waals surface area contributed by atoms with E-state index in [2.05, 4.69) is 4.98 Å². The molecule has 0 spiro atoms. The van der Waals surface area contributed by atoms with Crippen LogP contribution < -0.4 is 10.6 Å². The quantitative estimate of drug-likeness (QED) is 0.871. The summed E-state index contributed by atoms with van der Waals surface area (Å²) in [5.41, 5.74) is 6.92. The minimum Gasteiger partial charge on any atom is -0.397 e. The van der Waals surface area contributed by atoms with E-state index in [0.29, 0.717) is 11.5 Å². The van der Waals surface area contributed by atoms with Crippen LogP contribution in [0.3, 0.4) is 0 Å². The van der Waals surface area contributed by atoms with Gasteiger partial charge in [-0.05, 0) is 18.6 Å². The van der Waals surface area contributed by atoms with E-state index in [1.807, 2.05) is 0 Å². The van der Waals surface area contributed by atoms with Crippen LogP contribution in [0.25, 0.3) is 0 Å². The first kappa shape index (κ1) is 12.6. The van der Waals surface area contributed by atoms with E-state index in [-0.39, 0.29) is 6.54 Å². The van der Waals surface area contributed by atoms with Crippen LogP contribution in [0.1, 0.15) is 12.0 Å². The molecule has 1 aromatic heterocycles. The van der Waals surface area contributed by atoms with Crippen molar-refractivity contribution in [3.05, 3.63) is 17.8 Å². The van der Waals surface area contributed by atoms with E-state index in [1.165, 1.54) is 11.1 Å². The maximum absolute atomic E-state index is 12.0. The number of aryl methyl sites for hydroxylation is 1. The normalized spacial score (nSPS) is 11.6. The number of alkyl halides is 3. The Bertz CT molecular complexity index is 363. The molecule has 0 aliphatic heterocycles. The second kappa shape index (κ2) is 4.59. The summed E-state index contributed by atoms with van der Waals surface area (Å²) in [4.78, 5) is 5.43. The second-order valence-electron chi connectivity index (χ2n) is 3.69. The van der Waals surface area contributed by atoms with Gasteiger partial charge < -0.3 is 10.6 Å². The lowest BCUT2D eigenvalue weighted by atomic mass is 10.2. The van der Waals surface area contributed by atoms with Crippen LogP contribution in [0.5, 0.6) is 0 Å². The van der Waals surface area contributed by atoms with Crippen LogP contribution in [0.4, 0.5) is 24.7 Å². The molecule has 90 valence electrons. The molecule has 0 atom stereocenters. The Morgan fingerprint density at radius 2 is 2.06 bits per heavy atom. The molecule has 1 heterocycles. The molecule has 0 saturated carbocycles. The predicted octanol–water partition coefficient (Wildman–Crippen LogP) is 2.36. The zero-order chi connectivity index (χ0) is 12.3. The smallest absolute Gasteiger partial charge is 0.390 e. The Labute approximate surface area is 92.1 Å². The van der Waals surface area contributed by atoms with Crippen LogP contribution >= 0.6 is 0 Å². The molecule has 0 saturated heterocycles. The van der Waals surface area contributed by atoms with Crippen LogP contribution in [-0.2, 0) is 0 Å². The SMILES string of the molecule is Cc1cc(N(C)CCC(F)(F)F)ncc1N. The number of anilines is 2. The minimum atomic E-state index is -4.14. The highest BCUT2D eigenvalue weighted by Crippen LogP contribution is 2.22. The summed E-state index contributed by atoms with van der Waals surface area (Å²) in [6, 6.07) is 1.67. The van der Waals surface area contributed by atoms with E-state index in [1.54, 1.807) is 20.0 Å². The summed E-state index contributed by atoms with van der Waals surface area (Å²) in [5, 5.41) is 0. The molecular weight excluding hydrogens is 219 g/mol. The van der Waals surface area contributed by atoms with Crippen molar-refractivity contribution < 1.29 is 13.2 Å². The average Bonchev–Trinajstić information content (AvgIpc) is 2.17. The van der Waals surface area contributed by atoms with Gasteiger partial charge in [0.1, 0.15) is 5.82 Å². The number of aromatic nitrogens is 1. The summed E-state index contributed by atoms with van der Waals surface area (Å²) < 4.78 is 36.0. The number of nitrogens with two attached hydrogens (primary N) is 1. The van der Waals surface area contributed by atoms with E-state index < -0.39 is 12.6 Å². The van der Waals surface area contributed by atoms with Gasteiger partial charge in [0.05, 0.1) is 18.3 Å². The van der Waals surface area contributed by atoms with Crippen molar-refractivity contribution in [3.8, 4) is 0 Å². The van der Waals surface area contributed by atoms with Gasteiger partial charge in [-0.1, -0.05) is 0 Å². The Morgan fingerprint density at radius 3 is 2.56 bits per heavy atom. The third-order valence-corrected chi connectivity index (χ3v) is 2.26. The summed E-state index contributed by atoms with van der Waals surface area (Å²) in [5.74, 6) is 0.496. The third kappa shape index (κ3) is 3.60. The van der Waals surface area contributed by atoms with Crippen molar-refractivity contribution in [3.63, 3.8) is 0 Å². The van der Waals surface area contributed by atoms with Gasteiger partial charge in [-0.2, -0.15) is 13.2 Å². The van der Waals surface area contributed by atoms with E-state index in [4.69, 9.17) is 5.73 Å². The number of rotatable bonds is 3. The Morgan fingerprint density at radius 1 is 1.44 bits per heavy atom. The largest absolute Gasteiger partial charge is 0.397 e. The number of nitrogens with zero attached hydrogens (tertiary/aromatic N) is 2. The first-order valence-corrected chi connectivity index (χ1v) is 4.79. The van der Waals surface area contributed by atoms with Crippen molar-refractivity contribution in [1.29, 1.82) is 0 Å². The molecule has 1 aromatic rings. The monoisotopic (exact) mass is 233 g/mol. The van der Waals surface area contributed by atoms with Crippen molar-refractivity contribution >= 4 is 11.5 Å². The second-order valence-corrected chi connectivity index (χ2v) is 3.69. The average molecular weight is 233 g/mol. The van der Waals surface area contributed by atoms with Gasteiger partial charge in [0.2, 0.25) is 0 Å². The number of nitrogen functional groups attached to an aromatic ring is 1. The van der Waals surface area contributed by atoms with Gasteiger partial charge in [0.15, 0.2) is 0 Å².